The predicted octanol–water partition coefficient (Wildman–Crippen LogP) is 20.6. The van der Waals surface area contributed by atoms with Crippen LogP contribution in [0.5, 0.6) is 23.0 Å². The number of benzene rings is 12. The first-order chi connectivity index (χ1) is 64.6. The highest BCUT2D eigenvalue weighted by Gasteiger charge is 2.36. The fraction of sp³-hybridized carbons (Fsp3) is 0.198. The zero-order chi connectivity index (χ0) is 97.1. The number of carbonyl (C=O) groups excluding carboxylic acids is 8. The van der Waals surface area contributed by atoms with E-state index in [0.717, 1.165) is 53.6 Å². The summed E-state index contributed by atoms with van der Waals surface area (Å²) in [6.45, 7) is 3.83. The summed E-state index contributed by atoms with van der Waals surface area (Å²) in [5.41, 5.74) is 14.2. The van der Waals surface area contributed by atoms with Crippen LogP contribution in [0, 0.1) is 12.8 Å². The van der Waals surface area contributed by atoms with E-state index >= 15 is 0 Å². The molecule has 4 atom stereocenters. The van der Waals surface area contributed by atoms with Gasteiger partial charge in [-0.2, -0.15) is 26.3 Å². The molecular formula is C101H97F6N9O19. The Balaban J connectivity index is 0.000000187. The standard InChI is InChI=1S/C28H27F3N2O4.C25H23F3N2O4.C24H25N3O5.C24H22N2O6/c29-28(30,31)22-14-12-20(13-15-22)23(16-9-18-5-6-18)33-27(36)37-17-19-7-10-21(11-8-19)26(35)32-24-3-1-2-4-25(24)34;1-16-6-8-17(9-7-16)15-29-24(33)34-22(14-25(26,27)28)18-10-12-19(13-11-18)23(32)30-20-4-2-3-5-21(20)31;25-19-11-5-16(6-12-19)15-26-24(31)32-22(13-14-28)17-7-9-18(10-8-17)23(30)27-20-3-1-2-4-21(20)29;1-15(17-10-12-19(13-11-17)23(29)30)25-24(31)32-14-16-6-8-18(9-7-16)22(28)26-20-4-2-3-5-21(20)27/h1-4,7-8,10-15,18,23,34H,5-6,9,16-17H2,(H,32,35)(H,33,36);2-13,22,31H,14-15H2,1H3,(H,29,33)(H,30,32);1-12,22,28-29H,13-15,25H2,(H,26,31)(H,27,30);2-13,15,27H,14H2,1H3,(H,25,31)(H,26,28)(H,29,30)/t23-;2*22-;15-/m0111/s1. The molecule has 12 aromatic rings. The maximum atomic E-state index is 13.1. The number of halogens is 6. The van der Waals surface area contributed by atoms with Crippen molar-refractivity contribution in [3.63, 3.8) is 0 Å². The van der Waals surface area contributed by atoms with E-state index in [1.807, 2.05) is 19.1 Å². The molecule has 0 aromatic heterocycles. The first kappa shape index (κ1) is 101. The zero-order valence-corrected chi connectivity index (χ0v) is 72.7. The first-order valence-corrected chi connectivity index (χ1v) is 42.2. The molecule has 8 amide bonds. The Morgan fingerprint density at radius 1 is 0.400 bits per heavy atom. The molecule has 1 aliphatic rings. The van der Waals surface area contributed by atoms with Gasteiger partial charge in [-0.05, 0) is 211 Å². The number of alkyl carbamates (subject to hydrolysis) is 4. The van der Waals surface area contributed by atoms with Crippen LogP contribution in [0.4, 0.5) is 74.0 Å². The number of aromatic hydroxyl groups is 4. The molecule has 0 saturated heterocycles. The summed E-state index contributed by atoms with van der Waals surface area (Å²) < 4.78 is 99.2. The van der Waals surface area contributed by atoms with Gasteiger partial charge in [-0.1, -0.05) is 176 Å². The average molecular weight is 1850 g/mol. The van der Waals surface area contributed by atoms with Gasteiger partial charge in [0.2, 0.25) is 0 Å². The number of nitrogens with two attached hydrogens (primary N) is 1. The molecule has 0 heterocycles. The predicted molar refractivity (Wildman–Crippen MR) is 491 cm³/mol. The van der Waals surface area contributed by atoms with Crippen LogP contribution < -0.4 is 48.3 Å². The lowest BCUT2D eigenvalue weighted by Crippen LogP contribution is -2.29. The number of rotatable bonds is 31. The fourth-order valence-corrected chi connectivity index (χ4v) is 12.9. The number of ether oxygens (including phenoxy) is 4. The molecule has 0 aliphatic heterocycles. The number of aryl methyl sites for hydroxylation is 1. The number of carbonyl (C=O) groups is 9. The quantitative estimate of drug-likeness (QED) is 0.00830. The van der Waals surface area contributed by atoms with Gasteiger partial charge in [0.25, 0.3) is 23.6 Å². The van der Waals surface area contributed by atoms with Crippen molar-refractivity contribution >= 4 is 82.4 Å². The molecule has 135 heavy (non-hydrogen) atoms. The van der Waals surface area contributed by atoms with Gasteiger partial charge >= 0.3 is 42.7 Å². The van der Waals surface area contributed by atoms with Crippen LogP contribution >= 0.6 is 0 Å². The van der Waals surface area contributed by atoms with Crippen molar-refractivity contribution in [1.82, 2.24) is 21.3 Å². The molecule has 0 spiro atoms. The SMILES string of the molecule is C[C@@H](NC(=O)OCc1ccc(C(=O)Nc2ccccc2O)cc1)c1ccc(C(=O)O)cc1.Cc1ccc(CNC(=O)O[C@H](CC(F)(F)F)c2ccc(C(=O)Nc3ccccc3O)cc2)cc1.Nc1ccc(CNC(=O)O[C@H](CCO)c2ccc(C(=O)Nc3ccccc3O)cc2)cc1.O=C(N[C@@H](CCC1CC1)c1ccc(C(F)(F)F)cc1)OCc1ccc(C(=O)Nc2ccccc2O)cc1. The summed E-state index contributed by atoms with van der Waals surface area (Å²) in [6, 6.07) is 74.7. The number of carboxylic acids is 1. The van der Waals surface area contributed by atoms with E-state index in [-0.39, 0.29) is 103 Å². The molecule has 34 heteroatoms. The van der Waals surface area contributed by atoms with E-state index in [1.165, 1.54) is 78.9 Å². The van der Waals surface area contributed by atoms with E-state index < -0.39 is 84.7 Å². The van der Waals surface area contributed by atoms with Crippen LogP contribution in [0.15, 0.2) is 291 Å². The van der Waals surface area contributed by atoms with Crippen molar-refractivity contribution in [3.05, 3.63) is 375 Å². The fourth-order valence-electron chi connectivity index (χ4n) is 12.9. The highest BCUT2D eigenvalue weighted by atomic mass is 19.4. The highest BCUT2D eigenvalue weighted by Crippen LogP contribution is 2.38. The number of aromatic carboxylic acids is 1. The van der Waals surface area contributed by atoms with Crippen molar-refractivity contribution in [3.8, 4) is 23.0 Å². The number of phenolic OH excluding ortho intramolecular Hbond substituents is 4. The number of aliphatic hydroxyl groups excluding tert-OH is 1. The van der Waals surface area contributed by atoms with E-state index in [0.29, 0.717) is 74.0 Å². The lowest BCUT2D eigenvalue weighted by Gasteiger charge is -2.20. The second-order valence-corrected chi connectivity index (χ2v) is 30.9. The summed E-state index contributed by atoms with van der Waals surface area (Å²) in [6.07, 6.45) is -11.6. The Morgan fingerprint density at radius 3 is 1.11 bits per heavy atom. The number of phenols is 4. The van der Waals surface area contributed by atoms with Gasteiger partial charge < -0.3 is 97.9 Å². The molecule has 702 valence electrons. The van der Waals surface area contributed by atoms with Gasteiger partial charge in [0, 0.05) is 54.1 Å². The number of alkyl halides is 6. The molecule has 0 bridgehead atoms. The molecule has 1 saturated carbocycles. The van der Waals surface area contributed by atoms with Crippen molar-refractivity contribution in [2.24, 2.45) is 5.92 Å². The molecule has 28 nitrogen and oxygen atoms in total. The van der Waals surface area contributed by atoms with Gasteiger partial charge in [-0.25, -0.2) is 24.0 Å². The monoisotopic (exact) mass is 1850 g/mol. The average Bonchev–Trinajstić information content (AvgIpc) is 1.82. The smallest absolute Gasteiger partial charge is 0.416 e. The van der Waals surface area contributed by atoms with Crippen molar-refractivity contribution < 1.29 is 119 Å². The van der Waals surface area contributed by atoms with Crippen molar-refractivity contribution in [2.75, 3.05) is 33.6 Å². The van der Waals surface area contributed by atoms with Crippen LogP contribution in [0.3, 0.4) is 0 Å². The summed E-state index contributed by atoms with van der Waals surface area (Å²) in [7, 11) is 0. The Hall–Kier alpha value is -16.4. The number of hydrogen-bond donors (Lipinski definition) is 15. The molecular weight excluding hydrogens is 1760 g/mol. The second kappa shape index (κ2) is 49.0. The molecule has 1 aliphatic carbocycles. The molecule has 0 radical (unpaired) electrons. The van der Waals surface area contributed by atoms with Crippen molar-refractivity contribution in [1.29, 1.82) is 0 Å². The first-order valence-electron chi connectivity index (χ1n) is 42.2. The Bertz CT molecular complexity index is 5980. The summed E-state index contributed by atoms with van der Waals surface area (Å²) >= 11 is 0. The number of amides is 8. The minimum atomic E-state index is -4.58. The molecule has 0 unspecified atom stereocenters. The van der Waals surface area contributed by atoms with Gasteiger partial charge in [-0.3, -0.25) is 19.2 Å². The molecule has 1 fully saturated rings. The lowest BCUT2D eigenvalue weighted by molar-refractivity contribution is -0.154. The van der Waals surface area contributed by atoms with Crippen LogP contribution in [0.25, 0.3) is 0 Å². The van der Waals surface area contributed by atoms with Crippen LogP contribution in [-0.2, 0) is 51.4 Å². The topological polar surface area (TPSA) is 434 Å². The Kier molecular flexibility index (Phi) is 36.6. The maximum absolute atomic E-state index is 13.1. The van der Waals surface area contributed by atoms with Gasteiger partial charge in [-0.15, -0.1) is 0 Å². The van der Waals surface area contributed by atoms with Gasteiger partial charge in [0.05, 0.1) is 52.4 Å². The largest absolute Gasteiger partial charge is 0.506 e. The third kappa shape index (κ3) is 33.2. The van der Waals surface area contributed by atoms with E-state index in [9.17, 15) is 95.0 Å². The molecule has 12 aromatic carbocycles. The van der Waals surface area contributed by atoms with Crippen molar-refractivity contribution in [2.45, 2.75) is 115 Å². The summed E-state index contributed by atoms with van der Waals surface area (Å²) in [5.74, 6) is -2.36. The lowest BCUT2D eigenvalue weighted by atomic mass is 9.99. The van der Waals surface area contributed by atoms with Gasteiger partial charge in [0.15, 0.2) is 0 Å². The number of nitrogen functional groups attached to an aromatic ring is 1. The third-order valence-corrected chi connectivity index (χ3v) is 20.6. The second-order valence-electron chi connectivity index (χ2n) is 30.9. The van der Waals surface area contributed by atoms with Gasteiger partial charge in [0.1, 0.15) is 48.4 Å². The minimum Gasteiger partial charge on any atom is -0.506 e. The van der Waals surface area contributed by atoms with E-state index in [1.54, 1.807) is 195 Å². The number of nitrogens with one attached hydrogen (secondary N) is 8. The number of hydrogen-bond acceptors (Lipinski definition) is 19. The van der Waals surface area contributed by atoms with E-state index in [2.05, 4.69) is 42.5 Å². The Labute approximate surface area is 771 Å². The van der Waals surface area contributed by atoms with Crippen LogP contribution in [-0.4, -0.2) is 97.4 Å². The number of aliphatic hydroxyl groups is 1. The van der Waals surface area contributed by atoms with Crippen LogP contribution in [0.1, 0.15) is 177 Å². The maximum Gasteiger partial charge on any atom is 0.416 e. The van der Waals surface area contributed by atoms with Crippen LogP contribution in [0.2, 0.25) is 0 Å². The van der Waals surface area contributed by atoms with E-state index in [4.69, 9.17) is 29.8 Å². The molecule has 16 N–H and O–H groups in total. The number of carboxylic acid groups (broad SMARTS) is 1. The molecule has 13 rings (SSSR count). The third-order valence-electron chi connectivity index (χ3n) is 20.6. The summed E-state index contributed by atoms with van der Waals surface area (Å²) in [4.78, 5) is 109. The number of anilines is 5. The minimum absolute atomic E-state index is 0.0118. The zero-order valence-electron chi connectivity index (χ0n) is 72.7. The summed E-state index contributed by atoms with van der Waals surface area (Å²) in [5, 5.41) is 78.4. The Morgan fingerprint density at radius 2 is 0.741 bits per heavy atom. The number of para-hydroxylation sites is 8. The highest BCUT2D eigenvalue weighted by molar-refractivity contribution is 6.07. The normalized spacial score (nSPS) is 12.2.